The molecule has 0 aliphatic rings. The fraction of sp³-hybridized carbons (Fsp3) is 0.345. The number of methoxy groups -OCH3 is 3. The minimum Gasteiger partial charge on any atom is -0.497 e. The average Bonchev–Trinajstić information content (AvgIpc) is 3.66. The second-order valence-electron chi connectivity index (χ2n) is 16.8. The first-order valence-electron chi connectivity index (χ1n) is 23.7. The molecule has 6 aromatic rings. The number of nitrogens with zero attached hydrogens (tertiary/aromatic N) is 3. The Balaban J connectivity index is 1.05. The van der Waals surface area contributed by atoms with Crippen LogP contribution in [0.15, 0.2) is 121 Å². The number of carbonyl (C=O) groups excluding carboxylic acids is 4. The molecule has 16 heteroatoms. The van der Waals surface area contributed by atoms with E-state index in [2.05, 4.69) is 39.8 Å². The normalized spacial score (nSPS) is 11.1. The summed E-state index contributed by atoms with van der Waals surface area (Å²) < 4.78 is 23.5. The first-order valence-corrected chi connectivity index (χ1v) is 26.3. The van der Waals surface area contributed by atoms with Crippen molar-refractivity contribution in [1.29, 1.82) is 0 Å². The van der Waals surface area contributed by atoms with Crippen LogP contribution in [0.4, 0.5) is 4.79 Å². The summed E-state index contributed by atoms with van der Waals surface area (Å²) in [5, 5.41) is 7.40. The summed E-state index contributed by atoms with van der Waals surface area (Å²) in [4.78, 5) is 58.2. The van der Waals surface area contributed by atoms with Gasteiger partial charge in [0.1, 0.15) is 23.9 Å². The van der Waals surface area contributed by atoms with Gasteiger partial charge < -0.3 is 34.5 Å². The Hall–Kier alpha value is -6.13. The molecule has 0 spiro atoms. The number of thioether (sulfide) groups is 2. The van der Waals surface area contributed by atoms with E-state index in [9.17, 15) is 19.2 Å². The van der Waals surface area contributed by atoms with E-state index in [1.54, 1.807) is 84.7 Å². The predicted octanol–water partition coefficient (Wildman–Crippen LogP) is 9.68. The Kier molecular flexibility index (Phi) is 21.9. The summed E-state index contributed by atoms with van der Waals surface area (Å²) in [6.07, 6.45) is 0.654. The highest BCUT2D eigenvalue weighted by atomic mass is 35.5. The van der Waals surface area contributed by atoms with Gasteiger partial charge in [-0.1, -0.05) is 66.2 Å². The van der Waals surface area contributed by atoms with E-state index in [1.807, 2.05) is 73.7 Å². The van der Waals surface area contributed by atoms with E-state index in [-0.39, 0.29) is 37.3 Å². The third-order valence-electron chi connectivity index (χ3n) is 11.8. The maximum absolute atomic E-state index is 13.8. The van der Waals surface area contributed by atoms with E-state index in [1.165, 1.54) is 11.1 Å². The fourth-order valence-corrected chi connectivity index (χ4v) is 9.82. The number of ether oxygens (including phenoxy) is 4. The van der Waals surface area contributed by atoms with Crippen LogP contribution in [0.3, 0.4) is 0 Å². The summed E-state index contributed by atoms with van der Waals surface area (Å²) in [6.45, 7) is 5.06. The molecule has 2 N–H and O–H groups in total. The van der Waals surface area contributed by atoms with Crippen molar-refractivity contribution < 1.29 is 38.1 Å². The molecule has 1 heterocycles. The maximum Gasteiger partial charge on any atom is 0.410 e. The second kappa shape index (κ2) is 28.7. The molecule has 0 atom stereocenters. The number of rotatable bonds is 28. The topological polar surface area (TPSA) is 141 Å². The Morgan fingerprint density at radius 1 is 0.634 bits per heavy atom. The van der Waals surface area contributed by atoms with E-state index in [0.717, 1.165) is 45.5 Å². The van der Waals surface area contributed by atoms with Crippen LogP contribution in [0.25, 0.3) is 10.9 Å². The summed E-state index contributed by atoms with van der Waals surface area (Å²) in [6, 6.07) is 37.8. The fourth-order valence-electron chi connectivity index (χ4n) is 7.92. The van der Waals surface area contributed by atoms with Gasteiger partial charge in [0.25, 0.3) is 5.91 Å². The van der Waals surface area contributed by atoms with E-state index < -0.39 is 6.09 Å². The van der Waals surface area contributed by atoms with Crippen LogP contribution in [0.2, 0.25) is 5.02 Å². The Morgan fingerprint density at radius 2 is 1.24 bits per heavy atom. The number of fused-ring (bicyclic) bond motifs is 1. The molecule has 0 aliphatic heterocycles. The Labute approximate surface area is 430 Å². The number of benzene rings is 5. The molecule has 5 aromatic carbocycles. The van der Waals surface area contributed by atoms with Gasteiger partial charge in [-0.3, -0.25) is 23.9 Å². The minimum atomic E-state index is -0.450. The SMILES string of the molecule is COc1ccc(CSCCNC(=O)CN(CCCN(CCCNC(=O)Cc2c(C)n(C(=O)c3ccc(Cl)cc3)c3ccc(OC)cc23)C(=O)OCc2ccccc2)CCSCc2ccc(OC)cc2)cc1. The first kappa shape index (κ1) is 54.2. The minimum absolute atomic E-state index is 0.0313. The third kappa shape index (κ3) is 17.0. The van der Waals surface area contributed by atoms with E-state index in [4.69, 9.17) is 30.5 Å². The molecule has 3 amide bonds. The molecule has 0 aliphatic carbocycles. The Bertz CT molecular complexity index is 2630. The molecule has 0 radical (unpaired) electrons. The molecule has 71 heavy (non-hydrogen) atoms. The number of amides is 3. The van der Waals surface area contributed by atoms with E-state index in [0.29, 0.717) is 85.2 Å². The van der Waals surface area contributed by atoms with Gasteiger partial charge in [-0.15, -0.1) is 0 Å². The Morgan fingerprint density at radius 3 is 1.89 bits per heavy atom. The molecule has 0 bridgehead atoms. The molecule has 0 saturated carbocycles. The monoisotopic (exact) mass is 1020 g/mol. The number of hydrogen-bond acceptors (Lipinski definition) is 11. The molecule has 376 valence electrons. The van der Waals surface area contributed by atoms with Crippen LogP contribution in [0.5, 0.6) is 17.2 Å². The number of aromatic nitrogens is 1. The van der Waals surface area contributed by atoms with Crippen LogP contribution in [0.1, 0.15) is 51.1 Å². The largest absolute Gasteiger partial charge is 0.497 e. The van der Waals surface area contributed by atoms with Crippen molar-refractivity contribution in [2.75, 3.05) is 78.6 Å². The quantitative estimate of drug-likeness (QED) is 0.0454. The molecule has 0 saturated heterocycles. The number of hydrogen-bond donors (Lipinski definition) is 2. The van der Waals surface area contributed by atoms with Crippen molar-refractivity contribution in [1.82, 2.24) is 25.0 Å². The molecule has 6 rings (SSSR count). The highest BCUT2D eigenvalue weighted by Crippen LogP contribution is 2.31. The highest BCUT2D eigenvalue weighted by molar-refractivity contribution is 7.98. The zero-order valence-electron chi connectivity index (χ0n) is 41.0. The highest BCUT2D eigenvalue weighted by Gasteiger charge is 2.23. The van der Waals surface area contributed by atoms with Gasteiger partial charge in [0.15, 0.2) is 0 Å². The zero-order chi connectivity index (χ0) is 50.4. The number of nitrogens with one attached hydrogen (secondary N) is 2. The molecule has 0 unspecified atom stereocenters. The molecular weight excluding hydrogens is 958 g/mol. The second-order valence-corrected chi connectivity index (χ2v) is 19.4. The van der Waals surface area contributed by atoms with Gasteiger partial charge >= 0.3 is 6.09 Å². The van der Waals surface area contributed by atoms with Crippen molar-refractivity contribution in [3.8, 4) is 17.2 Å². The zero-order valence-corrected chi connectivity index (χ0v) is 43.3. The standard InChI is InChI=1S/C55H64ClN5O8S2/c1-40-49(50-34-48(68-4)24-25-51(50)61(40)54(64)44-16-18-45(56)19-17-44)35-52(62)57-26-8-29-60(55(65)69-37-41-10-6-5-7-11-41)30-9-28-59(31-33-71-39-43-14-22-47(67-3)23-15-43)36-53(63)58-27-32-70-38-42-12-20-46(66-2)21-13-42/h5-7,10-25,34H,8-9,26-33,35-39H2,1-4H3,(H,57,62)(H,58,63). The lowest BCUT2D eigenvalue weighted by Crippen LogP contribution is -2.41. The van der Waals surface area contributed by atoms with Crippen LogP contribution < -0.4 is 24.8 Å². The molecule has 1 aromatic heterocycles. The number of carbonyl (C=O) groups is 4. The molecule has 0 fully saturated rings. The van der Waals surface area contributed by atoms with Gasteiger partial charge in [-0.2, -0.15) is 23.5 Å². The van der Waals surface area contributed by atoms with Crippen LogP contribution in [-0.4, -0.2) is 117 Å². The van der Waals surface area contributed by atoms with Crippen LogP contribution >= 0.6 is 35.1 Å². The van der Waals surface area contributed by atoms with Crippen LogP contribution in [-0.2, 0) is 38.9 Å². The lowest BCUT2D eigenvalue weighted by molar-refractivity contribution is -0.122. The summed E-state index contributed by atoms with van der Waals surface area (Å²) >= 11 is 9.67. The summed E-state index contributed by atoms with van der Waals surface area (Å²) in [7, 11) is 4.88. The van der Waals surface area contributed by atoms with Gasteiger partial charge in [0.05, 0.1) is 39.8 Å². The van der Waals surface area contributed by atoms with Gasteiger partial charge in [0.2, 0.25) is 11.8 Å². The van der Waals surface area contributed by atoms with Crippen LogP contribution in [0, 0.1) is 6.92 Å². The third-order valence-corrected chi connectivity index (χ3v) is 14.1. The van der Waals surface area contributed by atoms with Gasteiger partial charge in [-0.25, -0.2) is 4.79 Å². The average molecular weight is 1020 g/mol. The lowest BCUT2D eigenvalue weighted by Gasteiger charge is -2.25. The van der Waals surface area contributed by atoms with Crippen molar-refractivity contribution in [2.24, 2.45) is 0 Å². The number of halogens is 1. The molecule has 13 nitrogen and oxygen atoms in total. The first-order chi connectivity index (χ1) is 34.5. The smallest absolute Gasteiger partial charge is 0.410 e. The van der Waals surface area contributed by atoms with Crippen molar-refractivity contribution in [2.45, 2.75) is 44.3 Å². The summed E-state index contributed by atoms with van der Waals surface area (Å²) in [5.41, 5.74) is 5.76. The van der Waals surface area contributed by atoms with Crippen molar-refractivity contribution in [3.63, 3.8) is 0 Å². The van der Waals surface area contributed by atoms with E-state index >= 15 is 0 Å². The van der Waals surface area contributed by atoms with Gasteiger partial charge in [-0.05, 0) is 109 Å². The maximum atomic E-state index is 13.8. The van der Waals surface area contributed by atoms with Gasteiger partial charge in [0, 0.05) is 83.9 Å². The van der Waals surface area contributed by atoms with Crippen molar-refractivity contribution in [3.05, 3.63) is 160 Å². The lowest BCUT2D eigenvalue weighted by atomic mass is 10.1. The summed E-state index contributed by atoms with van der Waals surface area (Å²) in [5.74, 6) is 5.01. The predicted molar refractivity (Wildman–Crippen MR) is 286 cm³/mol. The van der Waals surface area contributed by atoms with Crippen molar-refractivity contribution >= 4 is 69.8 Å². The molecular formula is C55H64ClN5O8S2.